The first-order chi connectivity index (χ1) is 15.8. The number of H-pyrrole nitrogens is 1. The fourth-order valence-corrected chi connectivity index (χ4v) is 5.25. The van der Waals surface area contributed by atoms with Crippen molar-refractivity contribution >= 4 is 18.7 Å². The first kappa shape index (κ1) is 24.8. The fraction of sp³-hybridized carbons (Fsp3) is 0.391. The van der Waals surface area contributed by atoms with Gasteiger partial charge >= 0.3 is 7.60 Å². The van der Waals surface area contributed by atoms with E-state index in [-0.39, 0.29) is 48.4 Å². The van der Waals surface area contributed by atoms with Crippen LogP contribution in [-0.4, -0.2) is 38.7 Å². The first-order valence-corrected chi connectivity index (χ1v) is 12.4. The van der Waals surface area contributed by atoms with E-state index in [0.29, 0.717) is 5.30 Å². The molecule has 0 aliphatic heterocycles. The minimum absolute atomic E-state index is 0.00988. The normalized spacial score (nSPS) is 12.8. The lowest BCUT2D eigenvalue weighted by atomic mass is 9.83. The zero-order valence-corrected chi connectivity index (χ0v) is 20.1. The summed E-state index contributed by atoms with van der Waals surface area (Å²) in [6.45, 7) is 7.93. The molecule has 1 atom stereocenters. The molecule has 1 unspecified atom stereocenters. The van der Waals surface area contributed by atoms with Crippen LogP contribution in [0, 0.1) is 5.92 Å². The summed E-state index contributed by atoms with van der Waals surface area (Å²) in [5.74, 6) is -0.271. The molecular weight excluding hydrogens is 443 g/mol. The number of aromatic nitrogens is 4. The van der Waals surface area contributed by atoms with Crippen molar-refractivity contribution < 1.29 is 18.4 Å². The van der Waals surface area contributed by atoms with E-state index < -0.39 is 13.5 Å². The predicted molar refractivity (Wildman–Crippen MR) is 125 cm³/mol. The van der Waals surface area contributed by atoms with Crippen molar-refractivity contribution in [2.75, 3.05) is 13.2 Å². The summed E-state index contributed by atoms with van der Waals surface area (Å²) in [7, 11) is -3.40. The van der Waals surface area contributed by atoms with E-state index in [4.69, 9.17) is 9.05 Å². The number of ketones is 1. The number of hydrogen-bond acceptors (Lipinski definition) is 7. The second kappa shape index (κ2) is 10.8. The maximum atomic E-state index is 13.2. The van der Waals surface area contributed by atoms with Gasteiger partial charge in [-0.15, -0.1) is 0 Å². The Bertz CT molecular complexity index is 1160. The molecule has 0 aliphatic rings. The van der Waals surface area contributed by atoms with Crippen LogP contribution in [0.15, 0.2) is 53.7 Å². The summed E-state index contributed by atoms with van der Waals surface area (Å²) >= 11 is 0. The summed E-state index contributed by atoms with van der Waals surface area (Å²) in [6.07, 6.45) is 4.60. The molecule has 0 spiro atoms. The Balaban J connectivity index is 1.82. The van der Waals surface area contributed by atoms with Crippen LogP contribution in [0.2, 0.25) is 0 Å². The molecule has 0 aliphatic carbocycles. The van der Waals surface area contributed by atoms with Crippen molar-refractivity contribution in [3.8, 4) is 5.95 Å². The number of carbonyl (C=O) groups is 1. The van der Waals surface area contributed by atoms with Crippen molar-refractivity contribution in [2.24, 2.45) is 5.92 Å². The van der Waals surface area contributed by atoms with Crippen LogP contribution in [0.1, 0.15) is 44.7 Å². The van der Waals surface area contributed by atoms with E-state index in [9.17, 15) is 14.2 Å². The van der Waals surface area contributed by atoms with Crippen LogP contribution in [-0.2, 0) is 24.8 Å². The molecule has 0 fully saturated rings. The van der Waals surface area contributed by atoms with Crippen LogP contribution < -0.4 is 10.9 Å². The van der Waals surface area contributed by atoms with Crippen molar-refractivity contribution in [1.82, 2.24) is 19.7 Å². The number of carbonyl (C=O) groups excluding carboxylic acids is 1. The minimum atomic E-state index is -3.40. The highest BCUT2D eigenvalue weighted by Crippen LogP contribution is 2.46. The maximum Gasteiger partial charge on any atom is 0.361 e. The number of aromatic amines is 1. The summed E-state index contributed by atoms with van der Waals surface area (Å²) in [5.41, 5.74) is 0.683. The summed E-state index contributed by atoms with van der Waals surface area (Å²) < 4.78 is 25.2. The lowest BCUT2D eigenvalue weighted by Gasteiger charge is -2.22. The van der Waals surface area contributed by atoms with Gasteiger partial charge in [-0.2, -0.15) is 5.10 Å². The van der Waals surface area contributed by atoms with Gasteiger partial charge < -0.3 is 9.05 Å². The van der Waals surface area contributed by atoms with Crippen LogP contribution in [0.5, 0.6) is 0 Å². The van der Waals surface area contributed by atoms with Gasteiger partial charge in [-0.3, -0.25) is 19.1 Å². The van der Waals surface area contributed by atoms with Crippen molar-refractivity contribution in [3.63, 3.8) is 0 Å². The number of Topliss-reactive ketones (excluding diaryl/α,β-unsaturated/α-hetero) is 1. The van der Waals surface area contributed by atoms with E-state index >= 15 is 0 Å². The number of nitrogens with zero attached hydrogens (tertiary/aromatic N) is 3. The van der Waals surface area contributed by atoms with E-state index in [1.165, 1.54) is 10.9 Å². The van der Waals surface area contributed by atoms with Gasteiger partial charge in [0.2, 0.25) is 5.95 Å². The largest absolute Gasteiger partial charge is 0.361 e. The standard InChI is InChI=1S/C23H29N4O5P/c1-5-31-33(30,32-6-2)19-10-8-17(9-11-19)21(16(3)4)20(28)14-18-15-24-23(26-22(18)29)27-13-7-12-25-27/h7-13,15-16,21H,5-6,14H2,1-4H3,(H,24,26,29). The van der Waals surface area contributed by atoms with Gasteiger partial charge in [-0.1, -0.05) is 26.0 Å². The Morgan fingerprint density at radius 3 is 2.33 bits per heavy atom. The Morgan fingerprint density at radius 2 is 1.82 bits per heavy atom. The average molecular weight is 472 g/mol. The topological polar surface area (TPSA) is 116 Å². The van der Waals surface area contributed by atoms with Gasteiger partial charge in [0.25, 0.3) is 5.56 Å². The Labute approximate surface area is 192 Å². The lowest BCUT2D eigenvalue weighted by Crippen LogP contribution is -2.25. The van der Waals surface area contributed by atoms with Gasteiger partial charge in [-0.25, -0.2) is 9.67 Å². The first-order valence-electron chi connectivity index (χ1n) is 10.9. The molecule has 10 heteroatoms. The smallest absolute Gasteiger partial charge is 0.305 e. The third-order valence-electron chi connectivity index (χ3n) is 5.13. The highest BCUT2D eigenvalue weighted by Gasteiger charge is 2.29. The third-order valence-corrected chi connectivity index (χ3v) is 7.25. The number of rotatable bonds is 11. The molecule has 0 radical (unpaired) electrons. The quantitative estimate of drug-likeness (QED) is 0.425. The van der Waals surface area contributed by atoms with Crippen LogP contribution in [0.3, 0.4) is 0 Å². The lowest BCUT2D eigenvalue weighted by molar-refractivity contribution is -0.120. The highest BCUT2D eigenvalue weighted by molar-refractivity contribution is 7.62. The van der Waals surface area contributed by atoms with E-state index in [1.54, 1.807) is 56.6 Å². The average Bonchev–Trinajstić information content (AvgIpc) is 3.31. The summed E-state index contributed by atoms with van der Waals surface area (Å²) in [4.78, 5) is 32.6. The minimum Gasteiger partial charge on any atom is -0.305 e. The van der Waals surface area contributed by atoms with E-state index in [0.717, 1.165) is 5.56 Å². The Morgan fingerprint density at radius 1 is 1.15 bits per heavy atom. The molecule has 0 bridgehead atoms. The molecule has 176 valence electrons. The number of benzene rings is 1. The number of nitrogens with one attached hydrogen (secondary N) is 1. The molecule has 33 heavy (non-hydrogen) atoms. The van der Waals surface area contributed by atoms with Gasteiger partial charge in [0.05, 0.1) is 18.5 Å². The highest BCUT2D eigenvalue weighted by atomic mass is 31.2. The molecular formula is C23H29N4O5P. The molecule has 0 amide bonds. The Hall–Kier alpha value is -2.87. The molecule has 0 saturated carbocycles. The number of hydrogen-bond donors (Lipinski definition) is 1. The Kier molecular flexibility index (Phi) is 8.13. The second-order valence-corrected chi connectivity index (χ2v) is 9.83. The van der Waals surface area contributed by atoms with Gasteiger partial charge in [0.15, 0.2) is 0 Å². The molecule has 2 heterocycles. The molecule has 2 aromatic heterocycles. The van der Waals surface area contributed by atoms with Crippen molar-refractivity contribution in [3.05, 3.63) is 70.4 Å². The zero-order chi connectivity index (χ0) is 24.0. The molecule has 3 rings (SSSR count). The molecule has 1 aromatic carbocycles. The monoisotopic (exact) mass is 472 g/mol. The SMILES string of the molecule is CCOP(=O)(OCC)c1ccc(C(C(=O)Cc2cnc(-n3cccn3)[nH]c2=O)C(C)C)cc1. The predicted octanol–water partition coefficient (Wildman–Crippen LogP) is 3.40. The molecule has 9 nitrogen and oxygen atoms in total. The van der Waals surface area contributed by atoms with Crippen molar-refractivity contribution in [1.29, 1.82) is 0 Å². The third kappa shape index (κ3) is 5.74. The van der Waals surface area contributed by atoms with Crippen LogP contribution in [0.25, 0.3) is 5.95 Å². The van der Waals surface area contributed by atoms with Gasteiger partial charge in [0.1, 0.15) is 5.78 Å². The van der Waals surface area contributed by atoms with E-state index in [2.05, 4.69) is 15.1 Å². The van der Waals surface area contributed by atoms with Gasteiger partial charge in [0, 0.05) is 36.5 Å². The molecule has 1 N–H and O–H groups in total. The summed E-state index contributed by atoms with van der Waals surface area (Å²) in [6, 6.07) is 8.62. The molecule has 3 aromatic rings. The fourth-order valence-electron chi connectivity index (χ4n) is 3.68. The van der Waals surface area contributed by atoms with Gasteiger partial charge in [-0.05, 0) is 43.5 Å². The van der Waals surface area contributed by atoms with Crippen LogP contribution in [0.4, 0.5) is 0 Å². The second-order valence-electron chi connectivity index (χ2n) is 7.80. The maximum absolute atomic E-state index is 13.2. The van der Waals surface area contributed by atoms with Crippen LogP contribution >= 0.6 is 7.60 Å². The summed E-state index contributed by atoms with van der Waals surface area (Å²) in [5, 5.41) is 4.48. The zero-order valence-electron chi connectivity index (χ0n) is 19.2. The molecule has 0 saturated heterocycles. The van der Waals surface area contributed by atoms with Crippen molar-refractivity contribution in [2.45, 2.75) is 40.0 Å². The van der Waals surface area contributed by atoms with E-state index in [1.807, 2.05) is 13.8 Å².